The molecule has 0 unspecified atom stereocenters. The molecule has 0 aromatic heterocycles. The van der Waals surface area contributed by atoms with Gasteiger partial charge in [-0.1, -0.05) is 17.7 Å². The Morgan fingerprint density at radius 1 is 1.41 bits per heavy atom. The number of carbonyl (C=O) groups excluding carboxylic acids is 2. The van der Waals surface area contributed by atoms with Crippen LogP contribution in [-0.4, -0.2) is 61.3 Å². The number of aliphatic carboxylic acids is 1. The van der Waals surface area contributed by atoms with Crippen LogP contribution in [0.25, 0.3) is 0 Å². The van der Waals surface area contributed by atoms with Crippen LogP contribution in [0.1, 0.15) is 19.4 Å². The molecule has 2 heterocycles. The number of methoxy groups -OCH3 is 1. The van der Waals surface area contributed by atoms with E-state index in [2.05, 4.69) is 5.32 Å². The van der Waals surface area contributed by atoms with Gasteiger partial charge in [-0.25, -0.2) is 4.79 Å². The lowest BCUT2D eigenvalue weighted by Gasteiger charge is -2.43. The highest BCUT2D eigenvalue weighted by atomic mass is 35.5. The van der Waals surface area contributed by atoms with Gasteiger partial charge in [-0.3, -0.25) is 13.8 Å². The number of nitrogens with zero attached hydrogens (tertiary/aromatic N) is 1. The van der Waals surface area contributed by atoms with E-state index < -0.39 is 50.8 Å². The molecule has 1 aromatic rings. The molecule has 2 saturated heterocycles. The zero-order chi connectivity index (χ0) is 20.1. The lowest BCUT2D eigenvalue weighted by molar-refractivity contribution is -0.161. The minimum atomic E-state index is -1.63. The Hall–Kier alpha value is -2.13. The number of halogens is 1. The number of amides is 2. The SMILES string of the molecule is COc1ccc(CC(=O)N[C@@H]2C(=O)N3[C@@H]2[S@@](=O)C(C)(C)[C@@H]3C(=O)O)c(Cl)c1. The first-order chi connectivity index (χ1) is 12.6. The van der Waals surface area contributed by atoms with Crippen molar-refractivity contribution in [2.24, 2.45) is 0 Å². The van der Waals surface area contributed by atoms with Gasteiger partial charge in [-0.2, -0.15) is 0 Å². The molecule has 0 saturated carbocycles. The highest BCUT2D eigenvalue weighted by Gasteiger charge is 2.68. The van der Waals surface area contributed by atoms with E-state index in [9.17, 15) is 23.7 Å². The smallest absolute Gasteiger partial charge is 0.328 e. The van der Waals surface area contributed by atoms with Crippen molar-refractivity contribution >= 4 is 40.2 Å². The van der Waals surface area contributed by atoms with Crippen molar-refractivity contribution in [1.29, 1.82) is 0 Å². The fraction of sp³-hybridized carbons (Fsp3) is 0.471. The highest BCUT2D eigenvalue weighted by Crippen LogP contribution is 2.43. The van der Waals surface area contributed by atoms with E-state index in [1.54, 1.807) is 32.0 Å². The maximum absolute atomic E-state index is 12.7. The molecular formula is C17H19ClN2O6S. The lowest BCUT2D eigenvalue weighted by atomic mass is 9.96. The molecule has 2 aliphatic heterocycles. The van der Waals surface area contributed by atoms with E-state index in [-0.39, 0.29) is 6.42 Å². The first-order valence-corrected chi connectivity index (χ1v) is 9.76. The van der Waals surface area contributed by atoms with Gasteiger partial charge in [0.1, 0.15) is 23.2 Å². The Balaban J connectivity index is 1.72. The first-order valence-electron chi connectivity index (χ1n) is 8.17. The molecule has 2 aliphatic rings. The maximum Gasteiger partial charge on any atom is 0.328 e. The van der Waals surface area contributed by atoms with Crippen molar-refractivity contribution in [1.82, 2.24) is 10.2 Å². The fourth-order valence-electron chi connectivity index (χ4n) is 3.49. The van der Waals surface area contributed by atoms with Crippen LogP contribution in [0.2, 0.25) is 5.02 Å². The van der Waals surface area contributed by atoms with E-state index in [0.29, 0.717) is 16.3 Å². The number of hydrogen-bond acceptors (Lipinski definition) is 5. The minimum Gasteiger partial charge on any atom is -0.497 e. The molecular weight excluding hydrogens is 396 g/mol. The summed E-state index contributed by atoms with van der Waals surface area (Å²) in [5.41, 5.74) is 0.551. The van der Waals surface area contributed by atoms with Gasteiger partial charge in [0.2, 0.25) is 11.8 Å². The monoisotopic (exact) mass is 414 g/mol. The number of carbonyl (C=O) groups is 3. The summed E-state index contributed by atoms with van der Waals surface area (Å²) in [6, 6.07) is 2.70. The third kappa shape index (κ3) is 3.08. The second-order valence-corrected chi connectivity index (χ2v) is 9.49. The molecule has 2 fully saturated rings. The Labute approximate surface area is 163 Å². The molecule has 2 amide bonds. The Bertz CT molecular complexity index is 858. The van der Waals surface area contributed by atoms with Crippen LogP contribution in [0.4, 0.5) is 0 Å². The van der Waals surface area contributed by atoms with Crippen LogP contribution in [0.3, 0.4) is 0 Å². The summed E-state index contributed by atoms with van der Waals surface area (Å²) < 4.78 is 16.6. The third-order valence-electron chi connectivity index (χ3n) is 4.92. The fourth-order valence-corrected chi connectivity index (χ4v) is 5.65. The maximum atomic E-state index is 12.7. The Morgan fingerprint density at radius 3 is 2.63 bits per heavy atom. The van der Waals surface area contributed by atoms with Gasteiger partial charge in [0.15, 0.2) is 0 Å². The zero-order valence-corrected chi connectivity index (χ0v) is 16.5. The Morgan fingerprint density at radius 2 is 2.07 bits per heavy atom. The van der Waals surface area contributed by atoms with E-state index in [0.717, 1.165) is 4.90 Å². The largest absolute Gasteiger partial charge is 0.497 e. The molecule has 1 aromatic carbocycles. The predicted molar refractivity (Wildman–Crippen MR) is 97.9 cm³/mol. The topological polar surface area (TPSA) is 113 Å². The van der Waals surface area contributed by atoms with Crippen molar-refractivity contribution < 1.29 is 28.4 Å². The molecule has 4 atom stereocenters. The molecule has 0 aliphatic carbocycles. The van der Waals surface area contributed by atoms with Crippen molar-refractivity contribution in [2.45, 2.75) is 42.5 Å². The van der Waals surface area contributed by atoms with E-state index in [4.69, 9.17) is 16.3 Å². The molecule has 0 radical (unpaired) electrons. The molecule has 27 heavy (non-hydrogen) atoms. The van der Waals surface area contributed by atoms with Crippen LogP contribution >= 0.6 is 11.6 Å². The van der Waals surface area contributed by atoms with Crippen LogP contribution < -0.4 is 10.1 Å². The summed E-state index contributed by atoms with van der Waals surface area (Å²) in [5, 5.41) is 11.5. The quantitative estimate of drug-likeness (QED) is 0.680. The molecule has 146 valence electrons. The highest BCUT2D eigenvalue weighted by molar-refractivity contribution is 7.87. The van der Waals surface area contributed by atoms with Gasteiger partial charge < -0.3 is 20.1 Å². The standard InChI is InChI=1S/C17H19ClN2O6S/c1-17(2)13(16(23)24)20-14(22)12(15(20)27(17)25)19-11(21)6-8-4-5-9(26-3)7-10(8)18/h4-5,7,12-13,15H,6H2,1-3H3,(H,19,21)(H,23,24)/t12-,13+,15-,27-/m1/s1. The van der Waals surface area contributed by atoms with Gasteiger partial charge >= 0.3 is 5.97 Å². The summed E-state index contributed by atoms with van der Waals surface area (Å²) in [6.45, 7) is 3.09. The van der Waals surface area contributed by atoms with Crippen LogP contribution in [0.5, 0.6) is 5.75 Å². The molecule has 0 spiro atoms. The van der Waals surface area contributed by atoms with Gasteiger partial charge in [0, 0.05) is 5.02 Å². The second-order valence-electron chi connectivity index (χ2n) is 6.96. The predicted octanol–water partition coefficient (Wildman–Crippen LogP) is 0.538. The van der Waals surface area contributed by atoms with Crippen molar-refractivity contribution in [3.63, 3.8) is 0 Å². The number of nitrogens with one attached hydrogen (secondary N) is 1. The molecule has 8 nitrogen and oxygen atoms in total. The van der Waals surface area contributed by atoms with Crippen LogP contribution in [-0.2, 0) is 31.6 Å². The summed E-state index contributed by atoms with van der Waals surface area (Å²) in [5.74, 6) is -1.66. The van der Waals surface area contributed by atoms with Crippen LogP contribution in [0.15, 0.2) is 18.2 Å². The molecule has 2 N–H and O–H groups in total. The second kappa shape index (κ2) is 6.79. The molecule has 3 rings (SSSR count). The minimum absolute atomic E-state index is 0.0717. The van der Waals surface area contributed by atoms with Gasteiger partial charge in [0.05, 0.1) is 29.1 Å². The van der Waals surface area contributed by atoms with Gasteiger partial charge in [-0.05, 0) is 31.5 Å². The number of carboxylic acid groups (broad SMARTS) is 1. The van der Waals surface area contributed by atoms with Gasteiger partial charge in [-0.15, -0.1) is 0 Å². The Kier molecular flexibility index (Phi) is 4.94. The number of rotatable bonds is 5. The first kappa shape index (κ1) is 19.6. The summed E-state index contributed by atoms with van der Waals surface area (Å²) >= 11 is 6.12. The number of fused-ring (bicyclic) bond motifs is 1. The van der Waals surface area contributed by atoms with E-state index in [1.165, 1.54) is 7.11 Å². The van der Waals surface area contributed by atoms with Crippen molar-refractivity contribution in [3.05, 3.63) is 28.8 Å². The average Bonchev–Trinajstić information content (AvgIpc) is 2.79. The number of benzene rings is 1. The summed E-state index contributed by atoms with van der Waals surface area (Å²) in [7, 11) is -0.128. The van der Waals surface area contributed by atoms with Crippen LogP contribution in [0, 0.1) is 0 Å². The average molecular weight is 415 g/mol. The van der Waals surface area contributed by atoms with E-state index >= 15 is 0 Å². The van der Waals surface area contributed by atoms with E-state index in [1.807, 2.05) is 0 Å². The summed E-state index contributed by atoms with van der Waals surface area (Å²) in [6.07, 6.45) is -0.0717. The third-order valence-corrected chi connectivity index (χ3v) is 7.47. The normalized spacial score (nSPS) is 28.3. The summed E-state index contributed by atoms with van der Waals surface area (Å²) in [4.78, 5) is 37.4. The van der Waals surface area contributed by atoms with Crippen molar-refractivity contribution in [3.8, 4) is 5.75 Å². The lowest BCUT2D eigenvalue weighted by Crippen LogP contribution is -2.71. The van der Waals surface area contributed by atoms with Crippen molar-refractivity contribution in [2.75, 3.05) is 7.11 Å². The molecule has 0 bridgehead atoms. The zero-order valence-electron chi connectivity index (χ0n) is 14.9. The number of carboxylic acids is 1. The number of hydrogen-bond donors (Lipinski definition) is 2. The molecule has 10 heteroatoms. The number of β-lactam (4-membered cyclic amide) rings is 1. The number of ether oxygens (including phenoxy) is 1. The van der Waals surface area contributed by atoms with Gasteiger partial charge in [0.25, 0.3) is 0 Å².